The highest BCUT2D eigenvalue weighted by Gasteiger charge is 2.26. The predicted octanol–water partition coefficient (Wildman–Crippen LogP) is 6.09. The van der Waals surface area contributed by atoms with E-state index in [1.165, 1.54) is 18.4 Å². The van der Waals surface area contributed by atoms with Gasteiger partial charge in [-0.1, -0.05) is 55.8 Å². The highest BCUT2D eigenvalue weighted by atomic mass is 32.2. The molecule has 2 aliphatic rings. The van der Waals surface area contributed by atoms with Crippen molar-refractivity contribution in [1.29, 1.82) is 0 Å². The fourth-order valence-electron chi connectivity index (χ4n) is 4.28. The van der Waals surface area contributed by atoms with E-state index in [1.54, 1.807) is 23.1 Å². The van der Waals surface area contributed by atoms with E-state index in [2.05, 4.69) is 31.2 Å². The molecule has 1 saturated carbocycles. The molecule has 5 heteroatoms. The molecule has 0 bridgehead atoms. The number of carbonyl (C=O) groups excluding carboxylic acids is 1. The summed E-state index contributed by atoms with van der Waals surface area (Å²) in [5.74, 6) is 0.651. The van der Waals surface area contributed by atoms with Gasteiger partial charge in [0, 0.05) is 30.3 Å². The summed E-state index contributed by atoms with van der Waals surface area (Å²) in [6.07, 6.45) is 4.52. The van der Waals surface area contributed by atoms with E-state index >= 15 is 0 Å². The van der Waals surface area contributed by atoms with Crippen LogP contribution in [0.2, 0.25) is 0 Å². The van der Waals surface area contributed by atoms with Crippen molar-refractivity contribution in [3.8, 4) is 0 Å². The Morgan fingerprint density at radius 2 is 1.79 bits per heavy atom. The van der Waals surface area contributed by atoms with Crippen molar-refractivity contribution in [3.05, 3.63) is 89.0 Å². The third-order valence-corrected chi connectivity index (χ3v) is 7.91. The summed E-state index contributed by atoms with van der Waals surface area (Å²) < 4.78 is 13.6. The molecular formula is C28H28N2O2S. The molecule has 3 aromatic carbocycles. The first-order chi connectivity index (χ1) is 16.1. The number of benzene rings is 3. The molecule has 1 fully saturated rings. The van der Waals surface area contributed by atoms with Crippen LogP contribution in [0.5, 0.6) is 0 Å². The van der Waals surface area contributed by atoms with Crippen LogP contribution in [0.1, 0.15) is 65.6 Å². The molecule has 0 aromatic heterocycles. The van der Waals surface area contributed by atoms with Gasteiger partial charge in [-0.15, -0.1) is 0 Å². The molecule has 1 amide bonds. The van der Waals surface area contributed by atoms with Gasteiger partial charge in [0.05, 0.1) is 32.0 Å². The first kappa shape index (κ1) is 21.8. The number of carbonyl (C=O) groups is 1. The summed E-state index contributed by atoms with van der Waals surface area (Å²) in [6.45, 7) is 2.83. The van der Waals surface area contributed by atoms with Crippen molar-refractivity contribution in [2.24, 2.45) is 4.99 Å². The van der Waals surface area contributed by atoms with Gasteiger partial charge in [-0.05, 0) is 55.0 Å². The average Bonchev–Trinajstić information content (AvgIpc) is 3.71. The number of unbranched alkanes of at least 4 members (excludes halogenated alkanes) is 1. The molecule has 33 heavy (non-hydrogen) atoms. The maximum Gasteiger partial charge on any atom is 0.253 e. The minimum absolute atomic E-state index is 0.0377. The van der Waals surface area contributed by atoms with Crippen molar-refractivity contribution in [3.63, 3.8) is 0 Å². The highest BCUT2D eigenvalue weighted by Crippen LogP contribution is 2.40. The normalized spacial score (nSPS) is 16.9. The lowest BCUT2D eigenvalue weighted by Gasteiger charge is -2.17. The Balaban J connectivity index is 1.60. The van der Waals surface area contributed by atoms with Gasteiger partial charge in [-0.25, -0.2) is 9.20 Å². The number of fused-ring (bicyclic) bond motifs is 2. The summed E-state index contributed by atoms with van der Waals surface area (Å²) in [5, 5.41) is 0. The number of hydrogen-bond donors (Lipinski definition) is 0. The lowest BCUT2D eigenvalue weighted by Crippen LogP contribution is -2.27. The van der Waals surface area contributed by atoms with Gasteiger partial charge in [0.25, 0.3) is 5.91 Å². The zero-order valence-electron chi connectivity index (χ0n) is 19.1. The van der Waals surface area contributed by atoms with Crippen molar-refractivity contribution < 1.29 is 9.00 Å². The van der Waals surface area contributed by atoms with Crippen LogP contribution in [-0.4, -0.2) is 34.3 Å². The molecule has 168 valence electrons. The minimum atomic E-state index is -1.38. The molecule has 0 radical (unpaired) electrons. The van der Waals surface area contributed by atoms with Crippen LogP contribution < -0.4 is 0 Å². The van der Waals surface area contributed by atoms with Gasteiger partial charge in [-0.2, -0.15) is 0 Å². The van der Waals surface area contributed by atoms with E-state index in [9.17, 15) is 9.00 Å². The van der Waals surface area contributed by atoms with Crippen LogP contribution in [0, 0.1) is 0 Å². The quantitative estimate of drug-likeness (QED) is 0.353. The molecule has 1 heterocycles. The molecule has 0 spiro atoms. The molecule has 5 rings (SSSR count). The fraction of sp³-hybridized carbons (Fsp3) is 0.286. The summed E-state index contributed by atoms with van der Waals surface area (Å²) >= 11 is 0. The van der Waals surface area contributed by atoms with E-state index in [0.717, 1.165) is 34.6 Å². The molecule has 1 aliphatic carbocycles. The zero-order chi connectivity index (χ0) is 22.9. The van der Waals surface area contributed by atoms with Crippen LogP contribution in [0.15, 0.2) is 81.5 Å². The first-order valence-corrected chi connectivity index (χ1v) is 12.8. The van der Waals surface area contributed by atoms with Crippen molar-refractivity contribution in [2.75, 3.05) is 13.6 Å². The first-order valence-electron chi connectivity index (χ1n) is 11.7. The Labute approximate surface area is 197 Å². The smallest absolute Gasteiger partial charge is 0.253 e. The van der Waals surface area contributed by atoms with Crippen LogP contribution in [-0.2, 0) is 10.8 Å². The summed E-state index contributed by atoms with van der Waals surface area (Å²) in [7, 11) is 0.447. The van der Waals surface area contributed by atoms with Gasteiger partial charge in [0.1, 0.15) is 0 Å². The lowest BCUT2D eigenvalue weighted by atomic mass is 9.99. The Morgan fingerprint density at radius 1 is 1.03 bits per heavy atom. The number of hydrogen-bond acceptors (Lipinski definition) is 3. The SMILES string of the molecule is CCCCN(C)C(=O)c1ccc2c(c1)N=C(c1ccc(C3CC3)cc1)c1ccccc1S2=O. The third-order valence-electron chi connectivity index (χ3n) is 6.41. The van der Waals surface area contributed by atoms with Crippen LogP contribution in [0.3, 0.4) is 0 Å². The van der Waals surface area contributed by atoms with Crippen molar-refractivity contribution in [1.82, 2.24) is 4.90 Å². The van der Waals surface area contributed by atoms with E-state index in [4.69, 9.17) is 4.99 Å². The second-order valence-corrected chi connectivity index (χ2v) is 10.3. The van der Waals surface area contributed by atoms with Gasteiger partial charge < -0.3 is 4.90 Å². The molecule has 0 N–H and O–H groups in total. The van der Waals surface area contributed by atoms with Gasteiger partial charge in [0.15, 0.2) is 0 Å². The molecule has 1 unspecified atom stereocenters. The predicted molar refractivity (Wildman–Crippen MR) is 133 cm³/mol. The molecular weight excluding hydrogens is 428 g/mol. The van der Waals surface area contributed by atoms with E-state index < -0.39 is 10.8 Å². The lowest BCUT2D eigenvalue weighted by molar-refractivity contribution is 0.0793. The Kier molecular flexibility index (Phi) is 5.98. The number of rotatable bonds is 6. The topological polar surface area (TPSA) is 49.7 Å². The largest absolute Gasteiger partial charge is 0.342 e. The van der Waals surface area contributed by atoms with Crippen molar-refractivity contribution in [2.45, 2.75) is 48.3 Å². The minimum Gasteiger partial charge on any atom is -0.342 e. The molecule has 1 aliphatic heterocycles. The molecule has 0 saturated heterocycles. The van der Waals surface area contributed by atoms with E-state index in [0.29, 0.717) is 28.6 Å². The third kappa shape index (κ3) is 4.30. The average molecular weight is 457 g/mol. The van der Waals surface area contributed by atoms with Gasteiger partial charge in [-0.3, -0.25) is 4.79 Å². The maximum atomic E-state index is 13.6. The van der Waals surface area contributed by atoms with E-state index in [-0.39, 0.29) is 5.91 Å². The second kappa shape index (κ2) is 9.06. The van der Waals surface area contributed by atoms with Crippen LogP contribution in [0.25, 0.3) is 0 Å². The maximum absolute atomic E-state index is 13.6. The molecule has 4 nitrogen and oxygen atoms in total. The summed E-state index contributed by atoms with van der Waals surface area (Å²) in [5.41, 5.74) is 5.20. The van der Waals surface area contributed by atoms with Gasteiger partial charge in [0.2, 0.25) is 0 Å². The summed E-state index contributed by atoms with van der Waals surface area (Å²) in [6, 6.07) is 21.7. The summed E-state index contributed by atoms with van der Waals surface area (Å²) in [4.78, 5) is 21.1. The number of aliphatic imine (C=N–C) groups is 1. The van der Waals surface area contributed by atoms with Crippen molar-refractivity contribution >= 4 is 28.1 Å². The van der Waals surface area contributed by atoms with Crippen LogP contribution in [0.4, 0.5) is 5.69 Å². The monoisotopic (exact) mass is 456 g/mol. The van der Waals surface area contributed by atoms with Gasteiger partial charge >= 0.3 is 0 Å². The highest BCUT2D eigenvalue weighted by molar-refractivity contribution is 7.85. The fourth-order valence-corrected chi connectivity index (χ4v) is 5.57. The molecule has 3 aromatic rings. The zero-order valence-corrected chi connectivity index (χ0v) is 19.9. The Bertz CT molecular complexity index is 1260. The number of nitrogens with zero attached hydrogens (tertiary/aromatic N) is 2. The Hall–Kier alpha value is -3.05. The van der Waals surface area contributed by atoms with E-state index in [1.807, 2.05) is 31.3 Å². The Morgan fingerprint density at radius 3 is 2.52 bits per heavy atom. The molecule has 1 atom stereocenters. The number of amides is 1. The van der Waals surface area contributed by atoms with Crippen LogP contribution >= 0.6 is 0 Å². The standard InChI is InChI=1S/C28H28N2O2S/c1-3-4-17-30(2)28(31)22-15-16-26-24(18-22)29-27(23-7-5-6-8-25(23)33(26)32)21-13-11-20(12-14-21)19-9-10-19/h5-8,11-16,18-19H,3-4,9-10,17H2,1-2H3. The second-order valence-electron chi connectivity index (χ2n) is 8.88.